The SMILES string of the molecule is CNC(=N)NCCC[C@H](NC(=O)OC(C)(C)C)C(=O)c1nc2ccccc2s1. The van der Waals surface area contributed by atoms with Gasteiger partial charge in [-0.05, 0) is 45.7 Å². The highest BCUT2D eigenvalue weighted by molar-refractivity contribution is 7.20. The van der Waals surface area contributed by atoms with Gasteiger partial charge < -0.3 is 20.7 Å². The van der Waals surface area contributed by atoms with Gasteiger partial charge in [0.2, 0.25) is 5.78 Å². The lowest BCUT2D eigenvalue weighted by molar-refractivity contribution is 0.0488. The molecule has 0 aliphatic heterocycles. The molecule has 1 heterocycles. The van der Waals surface area contributed by atoms with Crippen molar-refractivity contribution in [2.45, 2.75) is 45.3 Å². The summed E-state index contributed by atoms with van der Waals surface area (Å²) in [4.78, 5) is 29.6. The molecule has 1 aromatic carbocycles. The number of ketones is 1. The van der Waals surface area contributed by atoms with Gasteiger partial charge in [-0.25, -0.2) is 9.78 Å². The Morgan fingerprint density at radius 3 is 2.64 bits per heavy atom. The number of fused-ring (bicyclic) bond motifs is 1. The fourth-order valence-electron chi connectivity index (χ4n) is 2.45. The molecule has 0 aliphatic rings. The van der Waals surface area contributed by atoms with E-state index in [-0.39, 0.29) is 11.7 Å². The van der Waals surface area contributed by atoms with E-state index in [9.17, 15) is 9.59 Å². The zero-order valence-corrected chi connectivity index (χ0v) is 17.4. The van der Waals surface area contributed by atoms with E-state index in [0.717, 1.165) is 10.2 Å². The second-order valence-electron chi connectivity index (χ2n) is 7.24. The number of carbonyl (C=O) groups is 2. The quantitative estimate of drug-likeness (QED) is 0.244. The monoisotopic (exact) mass is 405 g/mol. The minimum Gasteiger partial charge on any atom is -0.444 e. The molecule has 1 amide bonds. The van der Waals surface area contributed by atoms with E-state index in [2.05, 4.69) is 20.9 Å². The molecule has 0 fully saturated rings. The van der Waals surface area contributed by atoms with Crippen molar-refractivity contribution in [3.05, 3.63) is 29.3 Å². The number of nitrogens with one attached hydrogen (secondary N) is 4. The average Bonchev–Trinajstić information content (AvgIpc) is 3.06. The number of thiazole rings is 1. The van der Waals surface area contributed by atoms with Crippen LogP contribution in [0.2, 0.25) is 0 Å². The molecule has 8 nitrogen and oxygen atoms in total. The van der Waals surface area contributed by atoms with Gasteiger partial charge in [-0.3, -0.25) is 10.2 Å². The van der Waals surface area contributed by atoms with E-state index >= 15 is 0 Å². The van der Waals surface area contributed by atoms with Crippen molar-refractivity contribution in [3.63, 3.8) is 0 Å². The van der Waals surface area contributed by atoms with E-state index in [1.165, 1.54) is 11.3 Å². The molecular formula is C19H27N5O3S. The summed E-state index contributed by atoms with van der Waals surface area (Å²) >= 11 is 1.31. The molecule has 0 unspecified atom stereocenters. The van der Waals surface area contributed by atoms with Gasteiger partial charge in [0.1, 0.15) is 5.60 Å². The Labute approximate surface area is 168 Å². The maximum Gasteiger partial charge on any atom is 0.408 e. The van der Waals surface area contributed by atoms with Crippen molar-refractivity contribution in [1.82, 2.24) is 20.9 Å². The Morgan fingerprint density at radius 2 is 2.00 bits per heavy atom. The average molecular weight is 406 g/mol. The first-order valence-corrected chi connectivity index (χ1v) is 9.90. The lowest BCUT2D eigenvalue weighted by Crippen LogP contribution is -2.44. The first kappa shape index (κ1) is 21.6. The van der Waals surface area contributed by atoms with Crippen molar-refractivity contribution in [2.24, 2.45) is 0 Å². The molecule has 0 spiro atoms. The van der Waals surface area contributed by atoms with Gasteiger partial charge in [-0.15, -0.1) is 11.3 Å². The van der Waals surface area contributed by atoms with E-state index in [1.807, 2.05) is 24.3 Å². The Kier molecular flexibility index (Phi) is 7.33. The number of ether oxygens (including phenoxy) is 1. The van der Waals surface area contributed by atoms with Gasteiger partial charge in [0.05, 0.1) is 16.3 Å². The Balaban J connectivity index is 2.09. The maximum absolute atomic E-state index is 13.0. The third-order valence-electron chi connectivity index (χ3n) is 3.73. The second kappa shape index (κ2) is 9.50. The number of rotatable bonds is 7. The van der Waals surface area contributed by atoms with Crippen molar-refractivity contribution >= 4 is 39.4 Å². The van der Waals surface area contributed by atoms with Crippen LogP contribution in [-0.4, -0.2) is 48.1 Å². The van der Waals surface area contributed by atoms with Crippen LogP contribution in [-0.2, 0) is 4.74 Å². The topological polar surface area (TPSA) is 116 Å². The lowest BCUT2D eigenvalue weighted by Gasteiger charge is -2.22. The van der Waals surface area contributed by atoms with Crippen LogP contribution in [0, 0.1) is 5.41 Å². The van der Waals surface area contributed by atoms with Crippen LogP contribution in [0.5, 0.6) is 0 Å². The number of carbonyl (C=O) groups excluding carboxylic acids is 2. The number of amides is 1. The van der Waals surface area contributed by atoms with E-state index in [4.69, 9.17) is 10.1 Å². The summed E-state index contributed by atoms with van der Waals surface area (Å²) in [6.45, 7) is 5.80. The highest BCUT2D eigenvalue weighted by atomic mass is 32.1. The normalized spacial score (nSPS) is 12.3. The van der Waals surface area contributed by atoms with Crippen LogP contribution in [0.25, 0.3) is 10.2 Å². The fourth-order valence-corrected chi connectivity index (χ4v) is 3.41. The zero-order valence-electron chi connectivity index (χ0n) is 16.6. The maximum atomic E-state index is 13.0. The smallest absolute Gasteiger partial charge is 0.408 e. The van der Waals surface area contributed by atoms with Crippen molar-refractivity contribution in [2.75, 3.05) is 13.6 Å². The molecule has 2 aromatic rings. The number of nitrogens with zero attached hydrogens (tertiary/aromatic N) is 1. The summed E-state index contributed by atoms with van der Waals surface area (Å²) in [7, 11) is 1.65. The number of guanidine groups is 1. The highest BCUT2D eigenvalue weighted by Gasteiger charge is 2.27. The van der Waals surface area contributed by atoms with Crippen LogP contribution in [0.1, 0.15) is 43.4 Å². The van der Waals surface area contributed by atoms with Crippen molar-refractivity contribution in [1.29, 1.82) is 5.41 Å². The number of hydrogen-bond donors (Lipinski definition) is 4. The molecule has 9 heteroatoms. The molecule has 0 saturated carbocycles. The van der Waals surface area contributed by atoms with Gasteiger partial charge in [0, 0.05) is 13.6 Å². The van der Waals surface area contributed by atoms with E-state index in [0.29, 0.717) is 24.4 Å². The molecule has 0 saturated heterocycles. The first-order chi connectivity index (χ1) is 13.2. The third-order valence-corrected chi connectivity index (χ3v) is 4.78. The number of hydrogen-bond acceptors (Lipinski definition) is 6. The summed E-state index contributed by atoms with van der Waals surface area (Å²) in [6.07, 6.45) is 0.349. The summed E-state index contributed by atoms with van der Waals surface area (Å²) in [6, 6.07) is 6.78. The molecule has 152 valence electrons. The Bertz CT molecular complexity index is 810. The van der Waals surface area contributed by atoms with Gasteiger partial charge >= 0.3 is 6.09 Å². The third kappa shape index (κ3) is 6.49. The van der Waals surface area contributed by atoms with Crippen LogP contribution in [0.3, 0.4) is 0 Å². The summed E-state index contributed by atoms with van der Waals surface area (Å²) < 4.78 is 6.22. The number of benzene rings is 1. The van der Waals surface area contributed by atoms with Crippen LogP contribution >= 0.6 is 11.3 Å². The molecule has 28 heavy (non-hydrogen) atoms. The van der Waals surface area contributed by atoms with Crippen molar-refractivity contribution < 1.29 is 14.3 Å². The van der Waals surface area contributed by atoms with Crippen molar-refractivity contribution in [3.8, 4) is 0 Å². The Morgan fingerprint density at radius 1 is 1.29 bits per heavy atom. The van der Waals surface area contributed by atoms with Crippen LogP contribution in [0.15, 0.2) is 24.3 Å². The highest BCUT2D eigenvalue weighted by Crippen LogP contribution is 2.23. The number of aromatic nitrogens is 1. The molecule has 2 rings (SSSR count). The second-order valence-corrected chi connectivity index (χ2v) is 8.27. The summed E-state index contributed by atoms with van der Waals surface area (Å²) in [5, 5.41) is 16.1. The minimum absolute atomic E-state index is 0.203. The fraction of sp³-hybridized carbons (Fsp3) is 0.474. The van der Waals surface area contributed by atoms with Gasteiger partial charge in [-0.2, -0.15) is 0 Å². The largest absolute Gasteiger partial charge is 0.444 e. The van der Waals surface area contributed by atoms with Gasteiger partial charge in [0.15, 0.2) is 11.0 Å². The number of alkyl carbamates (subject to hydrolysis) is 1. The van der Waals surface area contributed by atoms with Crippen LogP contribution in [0.4, 0.5) is 4.79 Å². The number of Topliss-reactive ketones (excluding diaryl/α,β-unsaturated/α-hetero) is 1. The molecule has 4 N–H and O–H groups in total. The molecule has 1 aromatic heterocycles. The molecular weight excluding hydrogens is 378 g/mol. The molecule has 0 radical (unpaired) electrons. The predicted molar refractivity (Wildman–Crippen MR) is 111 cm³/mol. The standard InChI is InChI=1S/C19H27N5O3S/c1-19(2,3)27-18(26)24-13(9-7-11-22-17(20)21-4)15(25)16-23-12-8-5-6-10-14(12)28-16/h5-6,8,10,13H,7,9,11H2,1-4H3,(H,24,26)(H3,20,21,22)/t13-/m0/s1. The summed E-state index contributed by atoms with van der Waals surface area (Å²) in [5.74, 6) is -0.0371. The van der Waals surface area contributed by atoms with Crippen LogP contribution < -0.4 is 16.0 Å². The number of para-hydroxylation sites is 1. The Hall–Kier alpha value is -2.68. The molecule has 0 bridgehead atoms. The predicted octanol–water partition coefficient (Wildman–Crippen LogP) is 2.90. The zero-order chi connectivity index (χ0) is 20.7. The van der Waals surface area contributed by atoms with Gasteiger partial charge in [-0.1, -0.05) is 12.1 Å². The first-order valence-electron chi connectivity index (χ1n) is 9.09. The minimum atomic E-state index is -0.749. The summed E-state index contributed by atoms with van der Waals surface area (Å²) in [5.41, 5.74) is 0.104. The molecule has 0 aliphatic carbocycles. The van der Waals surface area contributed by atoms with E-state index in [1.54, 1.807) is 27.8 Å². The molecule has 1 atom stereocenters. The lowest BCUT2D eigenvalue weighted by atomic mass is 10.1. The van der Waals surface area contributed by atoms with E-state index < -0.39 is 17.7 Å². The van der Waals surface area contributed by atoms with Gasteiger partial charge in [0.25, 0.3) is 0 Å².